The highest BCUT2D eigenvalue weighted by Gasteiger charge is 2.37. The summed E-state index contributed by atoms with van der Waals surface area (Å²) in [5.41, 5.74) is 5.96. The van der Waals surface area contributed by atoms with Crippen LogP contribution in [0.5, 0.6) is 0 Å². The van der Waals surface area contributed by atoms with Gasteiger partial charge in [-0.05, 0) is 26.9 Å². The van der Waals surface area contributed by atoms with Crippen molar-refractivity contribution in [3.63, 3.8) is 0 Å². The first-order valence-corrected chi connectivity index (χ1v) is 7.64. The highest BCUT2D eigenvalue weighted by molar-refractivity contribution is 7.99. The van der Waals surface area contributed by atoms with E-state index < -0.39 is 5.97 Å². The largest absolute Gasteiger partial charge is 0.481 e. The number of thioether (sulfide) groups is 1. The standard InChI is InChI=1S/C12H21N5O2S/c1-16(2)12(5-3-4-6-12)8-17-10(13)14-15-11(17)20-7-9(18)19/h3-8H2,1-2H3,(H2,13,14)(H,18,19). The van der Waals surface area contributed by atoms with E-state index in [-0.39, 0.29) is 11.3 Å². The van der Waals surface area contributed by atoms with E-state index in [9.17, 15) is 4.79 Å². The van der Waals surface area contributed by atoms with Crippen molar-refractivity contribution in [3.8, 4) is 0 Å². The van der Waals surface area contributed by atoms with Crippen LogP contribution in [-0.2, 0) is 11.3 Å². The molecule has 0 spiro atoms. The van der Waals surface area contributed by atoms with Crippen LogP contribution >= 0.6 is 11.8 Å². The molecule has 0 unspecified atom stereocenters. The van der Waals surface area contributed by atoms with E-state index in [1.807, 2.05) is 4.57 Å². The number of carboxylic acid groups (broad SMARTS) is 1. The zero-order valence-corrected chi connectivity index (χ0v) is 12.7. The minimum atomic E-state index is -0.869. The summed E-state index contributed by atoms with van der Waals surface area (Å²) in [5.74, 6) is -0.551. The first-order valence-electron chi connectivity index (χ1n) is 6.65. The molecule has 20 heavy (non-hydrogen) atoms. The number of aliphatic carboxylic acids is 1. The van der Waals surface area contributed by atoms with E-state index in [0.717, 1.165) is 24.6 Å². The lowest BCUT2D eigenvalue weighted by molar-refractivity contribution is -0.133. The Kier molecular flexibility index (Phi) is 4.54. The van der Waals surface area contributed by atoms with Crippen LogP contribution in [0.25, 0.3) is 0 Å². The summed E-state index contributed by atoms with van der Waals surface area (Å²) >= 11 is 1.16. The van der Waals surface area contributed by atoms with Gasteiger partial charge in [0.25, 0.3) is 0 Å². The maximum absolute atomic E-state index is 10.7. The maximum atomic E-state index is 10.7. The molecule has 0 amide bonds. The third-order valence-electron chi connectivity index (χ3n) is 4.01. The van der Waals surface area contributed by atoms with Crippen molar-refractivity contribution in [1.82, 2.24) is 19.7 Å². The number of hydrogen-bond acceptors (Lipinski definition) is 6. The smallest absolute Gasteiger partial charge is 0.313 e. The molecule has 1 aromatic rings. The van der Waals surface area contributed by atoms with Gasteiger partial charge < -0.3 is 15.7 Å². The summed E-state index contributed by atoms with van der Waals surface area (Å²) in [7, 11) is 4.16. The van der Waals surface area contributed by atoms with Gasteiger partial charge in [0.2, 0.25) is 5.95 Å². The molecule has 8 heteroatoms. The zero-order chi connectivity index (χ0) is 14.8. The van der Waals surface area contributed by atoms with Gasteiger partial charge >= 0.3 is 5.97 Å². The Labute approximate surface area is 122 Å². The summed E-state index contributed by atoms with van der Waals surface area (Å²) in [6, 6.07) is 0. The van der Waals surface area contributed by atoms with Crippen LogP contribution in [0, 0.1) is 0 Å². The fourth-order valence-electron chi connectivity index (χ4n) is 2.76. The molecule has 1 aliphatic carbocycles. The molecule has 2 rings (SSSR count). The van der Waals surface area contributed by atoms with E-state index in [0.29, 0.717) is 17.6 Å². The Hall–Kier alpha value is -1.28. The maximum Gasteiger partial charge on any atom is 0.313 e. The minimum Gasteiger partial charge on any atom is -0.481 e. The average Bonchev–Trinajstić information content (AvgIpc) is 2.97. The van der Waals surface area contributed by atoms with Crippen molar-refractivity contribution in [2.24, 2.45) is 0 Å². The van der Waals surface area contributed by atoms with Crippen molar-refractivity contribution in [3.05, 3.63) is 0 Å². The van der Waals surface area contributed by atoms with Gasteiger partial charge in [-0.15, -0.1) is 10.2 Å². The van der Waals surface area contributed by atoms with Gasteiger partial charge in [0.15, 0.2) is 5.16 Å². The number of nitrogens with zero attached hydrogens (tertiary/aromatic N) is 4. The van der Waals surface area contributed by atoms with Crippen LogP contribution in [0.4, 0.5) is 5.95 Å². The summed E-state index contributed by atoms with van der Waals surface area (Å²) in [5, 5.41) is 17.2. The predicted molar refractivity (Wildman–Crippen MR) is 77.7 cm³/mol. The molecule has 1 aliphatic rings. The average molecular weight is 299 g/mol. The Morgan fingerprint density at radius 3 is 2.65 bits per heavy atom. The van der Waals surface area contributed by atoms with E-state index >= 15 is 0 Å². The first-order chi connectivity index (χ1) is 9.44. The van der Waals surface area contributed by atoms with E-state index in [4.69, 9.17) is 10.8 Å². The van der Waals surface area contributed by atoms with Crippen molar-refractivity contribution >= 4 is 23.7 Å². The Morgan fingerprint density at radius 2 is 2.10 bits per heavy atom. The molecule has 3 N–H and O–H groups in total. The SMILES string of the molecule is CN(C)C1(Cn2c(N)nnc2SCC(=O)O)CCCC1. The highest BCUT2D eigenvalue weighted by Crippen LogP contribution is 2.36. The van der Waals surface area contributed by atoms with Gasteiger partial charge in [-0.2, -0.15) is 0 Å². The molecular formula is C12H21N5O2S. The number of nitrogen functional groups attached to an aromatic ring is 1. The van der Waals surface area contributed by atoms with Crippen molar-refractivity contribution < 1.29 is 9.90 Å². The molecule has 1 fully saturated rings. The zero-order valence-electron chi connectivity index (χ0n) is 11.9. The molecule has 1 heterocycles. The number of likely N-dealkylation sites (N-methyl/N-ethyl adjacent to an activating group) is 1. The van der Waals surface area contributed by atoms with Gasteiger partial charge in [-0.25, -0.2) is 0 Å². The molecule has 1 aromatic heterocycles. The normalized spacial score (nSPS) is 17.8. The molecule has 1 saturated carbocycles. The number of carboxylic acids is 1. The molecule has 0 saturated heterocycles. The fraction of sp³-hybridized carbons (Fsp3) is 0.750. The van der Waals surface area contributed by atoms with E-state index in [2.05, 4.69) is 29.2 Å². The predicted octanol–water partition coefficient (Wildman–Crippen LogP) is 0.911. The van der Waals surface area contributed by atoms with Gasteiger partial charge in [-0.3, -0.25) is 9.36 Å². The molecule has 0 radical (unpaired) electrons. The van der Waals surface area contributed by atoms with Gasteiger partial charge in [0, 0.05) is 12.1 Å². The van der Waals surface area contributed by atoms with Crippen LogP contribution in [0.3, 0.4) is 0 Å². The fourth-order valence-corrected chi connectivity index (χ4v) is 3.42. The lowest BCUT2D eigenvalue weighted by Crippen LogP contribution is -2.45. The first kappa shape index (κ1) is 15.1. The van der Waals surface area contributed by atoms with E-state index in [1.54, 1.807) is 0 Å². The number of carbonyl (C=O) groups is 1. The van der Waals surface area contributed by atoms with Gasteiger partial charge in [0.1, 0.15) is 0 Å². The highest BCUT2D eigenvalue weighted by atomic mass is 32.2. The summed E-state index contributed by atoms with van der Waals surface area (Å²) in [4.78, 5) is 12.9. The van der Waals surface area contributed by atoms with Crippen LogP contribution in [-0.4, -0.2) is 56.1 Å². The number of nitrogens with two attached hydrogens (primary N) is 1. The number of hydrogen-bond donors (Lipinski definition) is 2. The molecule has 0 atom stereocenters. The number of anilines is 1. The molecule has 0 aromatic carbocycles. The molecule has 112 valence electrons. The Bertz CT molecular complexity index is 482. The second kappa shape index (κ2) is 6.01. The third-order valence-corrected chi connectivity index (χ3v) is 4.96. The molecule has 0 bridgehead atoms. The van der Waals surface area contributed by atoms with Crippen LogP contribution < -0.4 is 5.73 Å². The summed E-state index contributed by atoms with van der Waals surface area (Å²) in [6.45, 7) is 0.709. The van der Waals surface area contributed by atoms with Crippen molar-refractivity contribution in [1.29, 1.82) is 0 Å². The topological polar surface area (TPSA) is 97.3 Å². The summed E-state index contributed by atoms with van der Waals surface area (Å²) < 4.78 is 1.85. The van der Waals surface area contributed by atoms with Crippen LogP contribution in [0.15, 0.2) is 5.16 Å². The molecule has 7 nitrogen and oxygen atoms in total. The second-order valence-corrected chi connectivity index (χ2v) is 6.38. The number of rotatable bonds is 6. The van der Waals surface area contributed by atoms with Crippen molar-refractivity contribution in [2.45, 2.75) is 42.9 Å². The Morgan fingerprint density at radius 1 is 1.45 bits per heavy atom. The lowest BCUT2D eigenvalue weighted by atomic mass is 9.96. The van der Waals surface area contributed by atoms with E-state index in [1.165, 1.54) is 12.8 Å². The monoisotopic (exact) mass is 299 g/mol. The second-order valence-electron chi connectivity index (χ2n) is 5.44. The van der Waals surface area contributed by atoms with Gasteiger partial charge in [-0.1, -0.05) is 24.6 Å². The molecule has 0 aliphatic heterocycles. The van der Waals surface area contributed by atoms with Crippen molar-refractivity contribution in [2.75, 3.05) is 25.6 Å². The third kappa shape index (κ3) is 3.06. The van der Waals surface area contributed by atoms with Gasteiger partial charge in [0.05, 0.1) is 5.75 Å². The van der Waals surface area contributed by atoms with Crippen LogP contribution in [0.2, 0.25) is 0 Å². The molecular weight excluding hydrogens is 278 g/mol. The Balaban J connectivity index is 2.19. The lowest BCUT2D eigenvalue weighted by Gasteiger charge is -2.37. The quantitative estimate of drug-likeness (QED) is 0.753. The van der Waals surface area contributed by atoms with Crippen LogP contribution in [0.1, 0.15) is 25.7 Å². The summed E-state index contributed by atoms with van der Waals surface area (Å²) in [6.07, 6.45) is 4.64. The minimum absolute atomic E-state index is 0.0346. The number of aromatic nitrogens is 3.